The third-order valence-corrected chi connectivity index (χ3v) is 2.87. The Morgan fingerprint density at radius 1 is 1.44 bits per heavy atom. The molecule has 0 aromatic rings. The monoisotopic (exact) mass is 233 g/mol. The topological polar surface area (TPSA) is 62.2 Å². The van der Waals surface area contributed by atoms with Crippen LogP contribution < -0.4 is 0 Å². The van der Waals surface area contributed by atoms with E-state index in [0.29, 0.717) is 45.8 Å². The molecular weight excluding hydrogens is 210 g/mol. The van der Waals surface area contributed by atoms with Crippen LogP contribution in [-0.2, 0) is 9.47 Å². The molecule has 1 atom stereocenters. The Bertz CT molecular complexity index is 194. The van der Waals surface area contributed by atoms with Crippen LogP contribution in [0.2, 0.25) is 0 Å². The molecule has 1 fully saturated rings. The second-order valence-corrected chi connectivity index (χ2v) is 4.64. The molecule has 0 saturated carbocycles. The Kier molecular flexibility index (Phi) is 5.64. The van der Waals surface area contributed by atoms with Gasteiger partial charge in [0, 0.05) is 46.3 Å². The lowest BCUT2D eigenvalue weighted by molar-refractivity contribution is -0.0813. The van der Waals surface area contributed by atoms with Crippen LogP contribution in [0.1, 0.15) is 12.8 Å². The predicted octanol–water partition coefficient (Wildman–Crippen LogP) is -0.533. The molecule has 2 N–H and O–H groups in total. The number of likely N-dealkylation sites (N-methyl/N-ethyl adjacent to an activating group) is 1. The quantitative estimate of drug-likeness (QED) is 0.645. The Morgan fingerprint density at radius 2 is 2.06 bits per heavy atom. The molecule has 0 radical (unpaired) electrons. The fourth-order valence-electron chi connectivity index (χ4n) is 2.08. The fourth-order valence-corrected chi connectivity index (χ4v) is 2.08. The van der Waals surface area contributed by atoms with E-state index >= 15 is 0 Å². The number of rotatable bonds is 6. The summed E-state index contributed by atoms with van der Waals surface area (Å²) >= 11 is 0. The summed E-state index contributed by atoms with van der Waals surface area (Å²) in [5.74, 6) is 0. The van der Waals surface area contributed by atoms with Gasteiger partial charge in [-0.3, -0.25) is 0 Å². The average molecular weight is 233 g/mol. The van der Waals surface area contributed by atoms with Gasteiger partial charge < -0.3 is 24.6 Å². The zero-order valence-corrected chi connectivity index (χ0v) is 10.2. The van der Waals surface area contributed by atoms with E-state index in [4.69, 9.17) is 9.47 Å². The van der Waals surface area contributed by atoms with Crippen LogP contribution in [0.15, 0.2) is 0 Å². The minimum Gasteiger partial charge on any atom is -0.389 e. The fraction of sp³-hybridized carbons (Fsp3) is 1.00. The number of ether oxygens (including phenoxy) is 2. The van der Waals surface area contributed by atoms with Crippen molar-refractivity contribution in [1.82, 2.24) is 4.90 Å². The van der Waals surface area contributed by atoms with Crippen molar-refractivity contribution in [2.45, 2.75) is 24.5 Å². The maximum Gasteiger partial charge on any atom is 0.0899 e. The van der Waals surface area contributed by atoms with E-state index in [0.717, 1.165) is 0 Å². The first-order valence-electron chi connectivity index (χ1n) is 5.71. The van der Waals surface area contributed by atoms with Crippen LogP contribution in [0.3, 0.4) is 0 Å². The Hall–Kier alpha value is -0.200. The molecule has 5 heteroatoms. The third-order valence-electron chi connectivity index (χ3n) is 2.87. The van der Waals surface area contributed by atoms with Crippen LogP contribution >= 0.6 is 0 Å². The lowest BCUT2D eigenvalue weighted by Crippen LogP contribution is -2.47. The number of nitrogens with zero attached hydrogens (tertiary/aromatic N) is 1. The molecule has 1 heterocycles. The van der Waals surface area contributed by atoms with E-state index in [9.17, 15) is 10.2 Å². The van der Waals surface area contributed by atoms with Crippen LogP contribution in [0.5, 0.6) is 0 Å². The summed E-state index contributed by atoms with van der Waals surface area (Å²) in [6, 6.07) is 0. The van der Waals surface area contributed by atoms with Gasteiger partial charge in [0.1, 0.15) is 0 Å². The Balaban J connectivity index is 2.29. The van der Waals surface area contributed by atoms with Gasteiger partial charge in [-0.25, -0.2) is 0 Å². The highest BCUT2D eigenvalue weighted by molar-refractivity contribution is 4.84. The summed E-state index contributed by atoms with van der Waals surface area (Å²) in [5, 5.41) is 19.8. The molecule has 0 spiro atoms. The van der Waals surface area contributed by atoms with Gasteiger partial charge in [0.25, 0.3) is 0 Å². The van der Waals surface area contributed by atoms with E-state index < -0.39 is 11.7 Å². The molecular formula is C11H23NO4. The third kappa shape index (κ3) is 4.76. The van der Waals surface area contributed by atoms with Gasteiger partial charge in [-0.05, 0) is 7.05 Å². The molecule has 0 aromatic heterocycles. The summed E-state index contributed by atoms with van der Waals surface area (Å²) in [6.07, 6.45) is 0.827. The number of aliphatic hydroxyl groups is 2. The zero-order chi connectivity index (χ0) is 12.0. The standard InChI is InChI=1S/C11H23NO4/c1-12(7-10(13)8-15-2)9-11(14)3-5-16-6-4-11/h10,13-14H,3-9H2,1-2H3. The normalized spacial score (nSPS) is 22.3. The smallest absolute Gasteiger partial charge is 0.0899 e. The highest BCUT2D eigenvalue weighted by Crippen LogP contribution is 2.21. The molecule has 0 amide bonds. The van der Waals surface area contributed by atoms with Crippen molar-refractivity contribution in [2.24, 2.45) is 0 Å². The molecule has 96 valence electrons. The van der Waals surface area contributed by atoms with Gasteiger partial charge in [0.15, 0.2) is 0 Å². The van der Waals surface area contributed by atoms with Gasteiger partial charge in [-0.15, -0.1) is 0 Å². The lowest BCUT2D eigenvalue weighted by atomic mass is 9.94. The van der Waals surface area contributed by atoms with Gasteiger partial charge in [-0.1, -0.05) is 0 Å². The van der Waals surface area contributed by atoms with E-state index in [1.807, 2.05) is 11.9 Å². The van der Waals surface area contributed by atoms with Crippen molar-refractivity contribution >= 4 is 0 Å². The summed E-state index contributed by atoms with van der Waals surface area (Å²) < 4.78 is 10.1. The van der Waals surface area contributed by atoms with Crippen LogP contribution in [0.4, 0.5) is 0 Å². The lowest BCUT2D eigenvalue weighted by Gasteiger charge is -2.35. The number of methoxy groups -OCH3 is 1. The van der Waals surface area contributed by atoms with E-state index in [-0.39, 0.29) is 0 Å². The highest BCUT2D eigenvalue weighted by Gasteiger charge is 2.31. The highest BCUT2D eigenvalue weighted by atomic mass is 16.5. The van der Waals surface area contributed by atoms with Gasteiger partial charge in [0.05, 0.1) is 18.3 Å². The molecule has 1 aliphatic heterocycles. The first-order valence-corrected chi connectivity index (χ1v) is 5.71. The summed E-state index contributed by atoms with van der Waals surface area (Å²) in [4.78, 5) is 1.94. The zero-order valence-electron chi connectivity index (χ0n) is 10.2. The Labute approximate surface area is 97.0 Å². The van der Waals surface area contributed by atoms with Crippen molar-refractivity contribution in [3.63, 3.8) is 0 Å². The molecule has 5 nitrogen and oxygen atoms in total. The van der Waals surface area contributed by atoms with Gasteiger partial charge >= 0.3 is 0 Å². The van der Waals surface area contributed by atoms with Crippen LogP contribution in [-0.4, -0.2) is 73.9 Å². The van der Waals surface area contributed by atoms with E-state index in [1.54, 1.807) is 7.11 Å². The minimum absolute atomic E-state index is 0.325. The molecule has 1 saturated heterocycles. The number of hydrogen-bond acceptors (Lipinski definition) is 5. The number of aliphatic hydroxyl groups excluding tert-OH is 1. The van der Waals surface area contributed by atoms with Crippen molar-refractivity contribution in [3.8, 4) is 0 Å². The molecule has 1 unspecified atom stereocenters. The van der Waals surface area contributed by atoms with Gasteiger partial charge in [0.2, 0.25) is 0 Å². The molecule has 1 aliphatic rings. The second-order valence-electron chi connectivity index (χ2n) is 4.64. The first-order chi connectivity index (χ1) is 7.56. The maximum absolute atomic E-state index is 10.2. The van der Waals surface area contributed by atoms with Gasteiger partial charge in [-0.2, -0.15) is 0 Å². The summed E-state index contributed by atoms with van der Waals surface area (Å²) in [6.45, 7) is 2.63. The van der Waals surface area contributed by atoms with Crippen LogP contribution in [0, 0.1) is 0 Å². The van der Waals surface area contributed by atoms with Crippen molar-refractivity contribution < 1.29 is 19.7 Å². The molecule has 0 bridgehead atoms. The molecule has 16 heavy (non-hydrogen) atoms. The SMILES string of the molecule is COCC(O)CN(C)CC1(O)CCOCC1. The summed E-state index contributed by atoms with van der Waals surface area (Å²) in [7, 11) is 3.46. The molecule has 1 rings (SSSR count). The van der Waals surface area contributed by atoms with E-state index in [2.05, 4.69) is 0 Å². The van der Waals surface area contributed by atoms with Crippen molar-refractivity contribution in [2.75, 3.05) is 47.1 Å². The minimum atomic E-state index is -0.667. The van der Waals surface area contributed by atoms with Crippen molar-refractivity contribution in [3.05, 3.63) is 0 Å². The molecule has 0 aromatic carbocycles. The molecule has 0 aliphatic carbocycles. The largest absolute Gasteiger partial charge is 0.389 e. The van der Waals surface area contributed by atoms with E-state index in [1.165, 1.54) is 0 Å². The average Bonchev–Trinajstić information content (AvgIpc) is 2.17. The first kappa shape index (κ1) is 13.9. The number of hydrogen-bond donors (Lipinski definition) is 2. The maximum atomic E-state index is 10.2. The predicted molar refractivity (Wildman–Crippen MR) is 60.4 cm³/mol. The Morgan fingerprint density at radius 3 is 2.62 bits per heavy atom. The summed E-state index contributed by atoms with van der Waals surface area (Å²) in [5.41, 5.74) is -0.667. The second kappa shape index (κ2) is 6.51. The van der Waals surface area contributed by atoms with Crippen LogP contribution in [0.25, 0.3) is 0 Å². The van der Waals surface area contributed by atoms with Crippen molar-refractivity contribution in [1.29, 1.82) is 0 Å².